The van der Waals surface area contributed by atoms with Gasteiger partial charge in [-0.15, -0.1) is 0 Å². The van der Waals surface area contributed by atoms with Gasteiger partial charge in [0.1, 0.15) is 0 Å². The lowest BCUT2D eigenvalue weighted by molar-refractivity contribution is -0.114. The molecule has 1 heterocycles. The number of ether oxygens (including phenoxy) is 1. The molecule has 20 heavy (non-hydrogen) atoms. The average molecular weight is 276 g/mol. The summed E-state index contributed by atoms with van der Waals surface area (Å²) in [6.07, 6.45) is 0.0475. The van der Waals surface area contributed by atoms with Crippen molar-refractivity contribution >= 4 is 17.5 Å². The van der Waals surface area contributed by atoms with Crippen LogP contribution in [-0.4, -0.2) is 42.0 Å². The lowest BCUT2D eigenvalue weighted by Crippen LogP contribution is -2.48. The highest BCUT2D eigenvalue weighted by molar-refractivity contribution is 6.03. The minimum Gasteiger partial charge on any atom is -0.372 e. The number of nitrogens with one attached hydrogen (secondary N) is 1. The number of carbonyl (C=O) groups excluding carboxylic acids is 2. The number of hydrogen-bond donors (Lipinski definition) is 1. The molecule has 108 valence electrons. The van der Waals surface area contributed by atoms with Gasteiger partial charge in [0.25, 0.3) is 5.91 Å². The fourth-order valence-corrected chi connectivity index (χ4v) is 2.48. The van der Waals surface area contributed by atoms with Crippen molar-refractivity contribution in [1.82, 2.24) is 4.90 Å². The van der Waals surface area contributed by atoms with E-state index in [1.165, 1.54) is 6.92 Å². The number of rotatable bonds is 2. The zero-order valence-corrected chi connectivity index (χ0v) is 12.1. The summed E-state index contributed by atoms with van der Waals surface area (Å²) in [4.78, 5) is 25.6. The highest BCUT2D eigenvalue weighted by Gasteiger charge is 2.27. The molecule has 0 spiro atoms. The molecule has 2 atom stereocenters. The summed E-state index contributed by atoms with van der Waals surface area (Å²) in [5.74, 6) is -0.259. The second kappa shape index (κ2) is 6.05. The molecule has 1 aliphatic rings. The molecule has 5 heteroatoms. The van der Waals surface area contributed by atoms with Gasteiger partial charge in [0, 0.05) is 20.0 Å². The maximum absolute atomic E-state index is 12.6. The third-order valence-electron chi connectivity index (χ3n) is 3.17. The Morgan fingerprint density at radius 2 is 1.80 bits per heavy atom. The second-order valence-corrected chi connectivity index (χ2v) is 5.19. The molecule has 0 bridgehead atoms. The van der Waals surface area contributed by atoms with Crippen molar-refractivity contribution < 1.29 is 14.3 Å². The van der Waals surface area contributed by atoms with Crippen LogP contribution in [0.4, 0.5) is 5.69 Å². The van der Waals surface area contributed by atoms with Crippen molar-refractivity contribution in [3.05, 3.63) is 29.8 Å². The second-order valence-electron chi connectivity index (χ2n) is 5.19. The molecular formula is C15H20N2O3. The van der Waals surface area contributed by atoms with Gasteiger partial charge in [-0.25, -0.2) is 0 Å². The lowest BCUT2D eigenvalue weighted by Gasteiger charge is -2.35. The minimum atomic E-state index is -0.186. The van der Waals surface area contributed by atoms with Crippen molar-refractivity contribution in [3.8, 4) is 0 Å². The zero-order valence-electron chi connectivity index (χ0n) is 12.1. The number of morpholine rings is 1. The number of hydrogen-bond acceptors (Lipinski definition) is 3. The van der Waals surface area contributed by atoms with E-state index < -0.39 is 0 Å². The number of para-hydroxylation sites is 1. The van der Waals surface area contributed by atoms with Crippen LogP contribution in [0.25, 0.3) is 0 Å². The molecule has 5 nitrogen and oxygen atoms in total. The number of carbonyl (C=O) groups is 2. The van der Waals surface area contributed by atoms with E-state index in [4.69, 9.17) is 4.74 Å². The van der Waals surface area contributed by atoms with Gasteiger partial charge in [-0.2, -0.15) is 0 Å². The number of amides is 2. The Morgan fingerprint density at radius 1 is 1.20 bits per heavy atom. The molecule has 2 rings (SSSR count). The van der Waals surface area contributed by atoms with Crippen LogP contribution >= 0.6 is 0 Å². The summed E-state index contributed by atoms with van der Waals surface area (Å²) in [6.45, 7) is 6.47. The number of nitrogens with zero attached hydrogens (tertiary/aromatic N) is 1. The van der Waals surface area contributed by atoms with Crippen molar-refractivity contribution in [2.75, 3.05) is 18.4 Å². The molecule has 2 amide bonds. The van der Waals surface area contributed by atoms with E-state index >= 15 is 0 Å². The van der Waals surface area contributed by atoms with Gasteiger partial charge < -0.3 is 15.0 Å². The molecule has 1 aliphatic heterocycles. The van der Waals surface area contributed by atoms with Crippen LogP contribution in [0.5, 0.6) is 0 Å². The van der Waals surface area contributed by atoms with E-state index in [0.29, 0.717) is 24.3 Å². The van der Waals surface area contributed by atoms with Gasteiger partial charge in [0.2, 0.25) is 5.91 Å². The summed E-state index contributed by atoms with van der Waals surface area (Å²) >= 11 is 0. The number of anilines is 1. The number of benzene rings is 1. The van der Waals surface area contributed by atoms with Crippen molar-refractivity contribution in [3.63, 3.8) is 0 Å². The third kappa shape index (κ3) is 3.36. The quantitative estimate of drug-likeness (QED) is 0.897. The van der Waals surface area contributed by atoms with Crippen LogP contribution in [0.15, 0.2) is 24.3 Å². The zero-order chi connectivity index (χ0) is 14.7. The Balaban J connectivity index is 2.22. The molecule has 1 aromatic carbocycles. The van der Waals surface area contributed by atoms with E-state index in [1.807, 2.05) is 13.8 Å². The Hall–Kier alpha value is -1.88. The van der Waals surface area contributed by atoms with Crippen LogP contribution in [0.1, 0.15) is 31.1 Å². The molecule has 0 unspecified atom stereocenters. The van der Waals surface area contributed by atoms with Gasteiger partial charge >= 0.3 is 0 Å². The third-order valence-corrected chi connectivity index (χ3v) is 3.17. The molecule has 0 aliphatic carbocycles. The smallest absolute Gasteiger partial charge is 0.256 e. The van der Waals surface area contributed by atoms with Crippen LogP contribution in [0.2, 0.25) is 0 Å². The van der Waals surface area contributed by atoms with E-state index in [9.17, 15) is 9.59 Å². The van der Waals surface area contributed by atoms with Gasteiger partial charge in [-0.3, -0.25) is 9.59 Å². The maximum atomic E-state index is 12.6. The van der Waals surface area contributed by atoms with Gasteiger partial charge in [0.05, 0.1) is 23.5 Å². The fraction of sp³-hybridized carbons (Fsp3) is 0.467. The fourth-order valence-electron chi connectivity index (χ4n) is 2.48. The monoisotopic (exact) mass is 276 g/mol. The topological polar surface area (TPSA) is 58.6 Å². The summed E-state index contributed by atoms with van der Waals surface area (Å²) in [6, 6.07) is 7.07. The van der Waals surface area contributed by atoms with Crippen molar-refractivity contribution in [2.45, 2.75) is 33.0 Å². The van der Waals surface area contributed by atoms with Gasteiger partial charge in [0.15, 0.2) is 0 Å². The molecule has 1 saturated heterocycles. The van der Waals surface area contributed by atoms with Crippen LogP contribution in [0.3, 0.4) is 0 Å². The highest BCUT2D eigenvalue weighted by Crippen LogP contribution is 2.20. The molecule has 0 radical (unpaired) electrons. The molecule has 1 aromatic rings. The standard InChI is InChI=1S/C15H20N2O3/c1-10-8-17(9-11(2)20-10)15(19)13-6-4-5-7-14(13)16-12(3)18/h4-7,10-11H,8-9H2,1-3H3,(H,16,18)/t10-,11-/m0/s1. The van der Waals surface area contributed by atoms with Crippen LogP contribution < -0.4 is 5.32 Å². The molecule has 0 saturated carbocycles. The van der Waals surface area contributed by atoms with E-state index in [0.717, 1.165) is 0 Å². The first-order valence-electron chi connectivity index (χ1n) is 6.78. The van der Waals surface area contributed by atoms with Crippen molar-refractivity contribution in [1.29, 1.82) is 0 Å². The Bertz CT molecular complexity index is 506. The normalized spacial score (nSPS) is 22.4. The first-order chi connectivity index (χ1) is 9.47. The van der Waals surface area contributed by atoms with Crippen LogP contribution in [-0.2, 0) is 9.53 Å². The van der Waals surface area contributed by atoms with E-state index in [-0.39, 0.29) is 24.0 Å². The first kappa shape index (κ1) is 14.5. The summed E-state index contributed by atoms with van der Waals surface area (Å²) in [7, 11) is 0. The molecule has 1 fully saturated rings. The van der Waals surface area contributed by atoms with Gasteiger partial charge in [-0.05, 0) is 26.0 Å². The molecule has 0 aromatic heterocycles. The largest absolute Gasteiger partial charge is 0.372 e. The predicted molar refractivity (Wildman–Crippen MR) is 76.7 cm³/mol. The highest BCUT2D eigenvalue weighted by atomic mass is 16.5. The SMILES string of the molecule is CC(=O)Nc1ccccc1C(=O)N1C[C@H](C)O[C@@H](C)C1. The summed E-state index contributed by atoms with van der Waals surface area (Å²) in [5, 5.41) is 2.70. The molecule has 1 N–H and O–H groups in total. The summed E-state index contributed by atoms with van der Waals surface area (Å²) in [5.41, 5.74) is 1.07. The Kier molecular flexibility index (Phi) is 4.39. The van der Waals surface area contributed by atoms with E-state index in [2.05, 4.69) is 5.32 Å². The van der Waals surface area contributed by atoms with E-state index in [1.54, 1.807) is 29.2 Å². The predicted octanol–water partition coefficient (Wildman–Crippen LogP) is 1.89. The average Bonchev–Trinajstić information content (AvgIpc) is 2.36. The van der Waals surface area contributed by atoms with Gasteiger partial charge in [-0.1, -0.05) is 12.1 Å². The van der Waals surface area contributed by atoms with Crippen LogP contribution in [0, 0.1) is 0 Å². The van der Waals surface area contributed by atoms with Crippen molar-refractivity contribution in [2.24, 2.45) is 0 Å². The first-order valence-corrected chi connectivity index (χ1v) is 6.78. The molecular weight excluding hydrogens is 256 g/mol. The summed E-state index contributed by atoms with van der Waals surface area (Å²) < 4.78 is 5.63. The minimum absolute atomic E-state index is 0.0237. The lowest BCUT2D eigenvalue weighted by atomic mass is 10.1. The Labute approximate surface area is 118 Å². The Morgan fingerprint density at radius 3 is 2.40 bits per heavy atom. The maximum Gasteiger partial charge on any atom is 0.256 e.